The predicted octanol–water partition coefficient (Wildman–Crippen LogP) is 1.22. The molecule has 0 spiro atoms. The van der Waals surface area contributed by atoms with Crippen molar-refractivity contribution >= 4 is 23.5 Å². The lowest BCUT2D eigenvalue weighted by atomic mass is 10.1. The van der Waals surface area contributed by atoms with Gasteiger partial charge in [-0.15, -0.1) is 0 Å². The molecule has 1 heterocycles. The predicted molar refractivity (Wildman–Crippen MR) is 81.3 cm³/mol. The molecule has 0 saturated heterocycles. The van der Waals surface area contributed by atoms with Crippen molar-refractivity contribution in [1.29, 1.82) is 0 Å². The molecule has 2 aromatic rings. The first-order valence-electron chi connectivity index (χ1n) is 6.60. The van der Waals surface area contributed by atoms with Gasteiger partial charge in [-0.2, -0.15) is 0 Å². The standard InChI is InChI=1S/C15H13N3O6/c1-23-10-4-3-8(15(22)24-2)7-9(10)18-13(19)11-12(14(20)21)17-6-5-16-11/h3-7H,1-2H3,(H,18,19)(H,20,21). The number of aromatic carboxylic acids is 1. The Morgan fingerprint density at radius 1 is 1.08 bits per heavy atom. The first-order valence-corrected chi connectivity index (χ1v) is 6.60. The second kappa shape index (κ2) is 7.18. The summed E-state index contributed by atoms with van der Waals surface area (Å²) in [5.41, 5.74) is -0.507. The third-order valence-electron chi connectivity index (χ3n) is 2.98. The van der Waals surface area contributed by atoms with Gasteiger partial charge in [0.15, 0.2) is 11.4 Å². The highest BCUT2D eigenvalue weighted by Crippen LogP contribution is 2.26. The van der Waals surface area contributed by atoms with Crippen molar-refractivity contribution in [2.24, 2.45) is 0 Å². The molecule has 1 aromatic carbocycles. The fourth-order valence-corrected chi connectivity index (χ4v) is 1.89. The Morgan fingerprint density at radius 2 is 1.75 bits per heavy atom. The van der Waals surface area contributed by atoms with Gasteiger partial charge in [-0.1, -0.05) is 0 Å². The molecular weight excluding hydrogens is 318 g/mol. The summed E-state index contributed by atoms with van der Waals surface area (Å²) in [5.74, 6) is -2.51. The second-order valence-electron chi connectivity index (χ2n) is 4.42. The highest BCUT2D eigenvalue weighted by Gasteiger charge is 2.21. The molecule has 0 aliphatic carbocycles. The lowest BCUT2D eigenvalue weighted by molar-refractivity contribution is 0.0599. The molecule has 1 aromatic heterocycles. The van der Waals surface area contributed by atoms with Crippen LogP contribution in [0.1, 0.15) is 31.3 Å². The van der Waals surface area contributed by atoms with Gasteiger partial charge in [0.1, 0.15) is 5.75 Å². The molecule has 1 amide bonds. The van der Waals surface area contributed by atoms with E-state index in [1.807, 2.05) is 0 Å². The van der Waals surface area contributed by atoms with Crippen molar-refractivity contribution < 1.29 is 29.0 Å². The number of ether oxygens (including phenoxy) is 2. The first-order chi connectivity index (χ1) is 11.5. The molecule has 2 rings (SSSR count). The van der Waals surface area contributed by atoms with E-state index in [4.69, 9.17) is 9.84 Å². The third-order valence-corrected chi connectivity index (χ3v) is 2.98. The summed E-state index contributed by atoms with van der Waals surface area (Å²) >= 11 is 0. The first kappa shape index (κ1) is 16.9. The molecule has 0 aliphatic rings. The zero-order valence-electron chi connectivity index (χ0n) is 12.8. The number of esters is 1. The Bertz CT molecular complexity index is 806. The molecule has 2 N–H and O–H groups in total. The second-order valence-corrected chi connectivity index (χ2v) is 4.42. The SMILES string of the molecule is COC(=O)c1ccc(OC)c(NC(=O)c2nccnc2C(=O)O)c1. The van der Waals surface area contributed by atoms with E-state index in [1.54, 1.807) is 0 Å². The van der Waals surface area contributed by atoms with Gasteiger partial charge in [-0.25, -0.2) is 19.6 Å². The average Bonchev–Trinajstić information content (AvgIpc) is 2.60. The van der Waals surface area contributed by atoms with Gasteiger partial charge < -0.3 is 19.9 Å². The number of benzene rings is 1. The van der Waals surface area contributed by atoms with Gasteiger partial charge in [-0.05, 0) is 18.2 Å². The zero-order valence-corrected chi connectivity index (χ0v) is 12.8. The smallest absolute Gasteiger partial charge is 0.356 e. The number of hydrogen-bond donors (Lipinski definition) is 2. The highest BCUT2D eigenvalue weighted by atomic mass is 16.5. The molecule has 24 heavy (non-hydrogen) atoms. The van der Waals surface area contributed by atoms with Gasteiger partial charge in [0, 0.05) is 12.4 Å². The van der Waals surface area contributed by atoms with Crippen LogP contribution in [0.15, 0.2) is 30.6 Å². The number of nitrogens with zero attached hydrogens (tertiary/aromatic N) is 2. The number of amides is 1. The van der Waals surface area contributed by atoms with Crippen molar-refractivity contribution in [2.45, 2.75) is 0 Å². The number of carboxylic acid groups (broad SMARTS) is 1. The van der Waals surface area contributed by atoms with E-state index < -0.39 is 23.5 Å². The fraction of sp³-hybridized carbons (Fsp3) is 0.133. The zero-order chi connectivity index (χ0) is 17.7. The number of nitrogens with one attached hydrogen (secondary N) is 1. The Labute approximate surface area is 136 Å². The van der Waals surface area contributed by atoms with Crippen LogP contribution in [0.5, 0.6) is 5.75 Å². The minimum Gasteiger partial charge on any atom is -0.495 e. The number of methoxy groups -OCH3 is 2. The summed E-state index contributed by atoms with van der Waals surface area (Å²) in [6, 6.07) is 4.28. The number of anilines is 1. The number of aromatic nitrogens is 2. The summed E-state index contributed by atoms with van der Waals surface area (Å²) in [7, 11) is 2.61. The number of carboxylic acids is 1. The summed E-state index contributed by atoms with van der Waals surface area (Å²) < 4.78 is 9.72. The molecule has 0 atom stereocenters. The molecule has 0 bridgehead atoms. The van der Waals surface area contributed by atoms with E-state index in [0.29, 0.717) is 0 Å². The third kappa shape index (κ3) is 3.46. The fourth-order valence-electron chi connectivity index (χ4n) is 1.89. The van der Waals surface area contributed by atoms with E-state index in [9.17, 15) is 14.4 Å². The summed E-state index contributed by atoms with van der Waals surface area (Å²) in [4.78, 5) is 42.4. The van der Waals surface area contributed by atoms with Crippen LogP contribution in [0.2, 0.25) is 0 Å². The topological polar surface area (TPSA) is 128 Å². The highest BCUT2D eigenvalue weighted by molar-refractivity contribution is 6.09. The summed E-state index contributed by atoms with van der Waals surface area (Å²) in [5, 5.41) is 11.5. The van der Waals surface area contributed by atoms with Crippen LogP contribution in [-0.2, 0) is 4.74 Å². The minimum absolute atomic E-state index is 0.160. The lowest BCUT2D eigenvalue weighted by Crippen LogP contribution is -2.20. The van der Waals surface area contributed by atoms with E-state index >= 15 is 0 Å². The lowest BCUT2D eigenvalue weighted by Gasteiger charge is -2.11. The van der Waals surface area contributed by atoms with Crippen molar-refractivity contribution in [3.8, 4) is 5.75 Å². The van der Waals surface area contributed by atoms with Crippen LogP contribution in [0.25, 0.3) is 0 Å². The van der Waals surface area contributed by atoms with Crippen molar-refractivity contribution in [2.75, 3.05) is 19.5 Å². The van der Waals surface area contributed by atoms with E-state index in [-0.39, 0.29) is 22.7 Å². The molecule has 0 aliphatic heterocycles. The van der Waals surface area contributed by atoms with Crippen LogP contribution < -0.4 is 10.1 Å². The number of carbonyl (C=O) groups excluding carboxylic acids is 2. The van der Waals surface area contributed by atoms with Gasteiger partial charge in [-0.3, -0.25) is 4.79 Å². The molecular formula is C15H13N3O6. The molecule has 0 saturated carbocycles. The molecule has 9 heteroatoms. The Kier molecular flexibility index (Phi) is 5.05. The van der Waals surface area contributed by atoms with Crippen LogP contribution in [0.3, 0.4) is 0 Å². The maximum absolute atomic E-state index is 12.3. The summed E-state index contributed by atoms with van der Waals surface area (Å²) in [6.45, 7) is 0. The number of hydrogen-bond acceptors (Lipinski definition) is 7. The van der Waals surface area contributed by atoms with E-state index in [0.717, 1.165) is 0 Å². The van der Waals surface area contributed by atoms with Gasteiger partial charge in [0.05, 0.1) is 25.5 Å². The van der Waals surface area contributed by atoms with Gasteiger partial charge >= 0.3 is 11.9 Å². The van der Waals surface area contributed by atoms with Crippen LogP contribution >= 0.6 is 0 Å². The van der Waals surface area contributed by atoms with Gasteiger partial charge in [0.2, 0.25) is 0 Å². The van der Waals surface area contributed by atoms with Crippen LogP contribution in [0.4, 0.5) is 5.69 Å². The molecule has 124 valence electrons. The average molecular weight is 331 g/mol. The molecule has 9 nitrogen and oxygen atoms in total. The van der Waals surface area contributed by atoms with Crippen LogP contribution in [0, 0.1) is 0 Å². The Balaban J connectivity index is 2.38. The Hall–Kier alpha value is -3.49. The number of rotatable bonds is 5. The molecule has 0 radical (unpaired) electrons. The van der Waals surface area contributed by atoms with Gasteiger partial charge in [0.25, 0.3) is 5.91 Å². The number of carbonyl (C=O) groups is 3. The monoisotopic (exact) mass is 331 g/mol. The van der Waals surface area contributed by atoms with E-state index in [2.05, 4.69) is 20.0 Å². The molecule has 0 fully saturated rings. The summed E-state index contributed by atoms with van der Waals surface area (Å²) in [6.07, 6.45) is 2.36. The van der Waals surface area contributed by atoms with E-state index in [1.165, 1.54) is 44.8 Å². The minimum atomic E-state index is -1.39. The Morgan fingerprint density at radius 3 is 2.33 bits per heavy atom. The normalized spacial score (nSPS) is 9.92. The van der Waals surface area contributed by atoms with Crippen molar-refractivity contribution in [3.63, 3.8) is 0 Å². The largest absolute Gasteiger partial charge is 0.495 e. The molecule has 0 unspecified atom stereocenters. The maximum Gasteiger partial charge on any atom is 0.356 e. The quantitative estimate of drug-likeness (QED) is 0.783. The van der Waals surface area contributed by atoms with Crippen molar-refractivity contribution in [3.05, 3.63) is 47.5 Å². The van der Waals surface area contributed by atoms with Crippen LogP contribution in [-0.4, -0.2) is 47.1 Å². The van der Waals surface area contributed by atoms with Crippen molar-refractivity contribution in [1.82, 2.24) is 9.97 Å². The maximum atomic E-state index is 12.3.